The van der Waals surface area contributed by atoms with Crippen molar-refractivity contribution in [2.45, 2.75) is 0 Å². The fourth-order valence-electron chi connectivity index (χ4n) is 1.60. The molecule has 21 heavy (non-hydrogen) atoms. The lowest BCUT2D eigenvalue weighted by Gasteiger charge is -2.03. The number of para-hydroxylation sites is 1. The number of benzene rings is 2. The van der Waals surface area contributed by atoms with E-state index in [1.165, 1.54) is 6.21 Å². The third-order valence-corrected chi connectivity index (χ3v) is 2.87. The van der Waals surface area contributed by atoms with Gasteiger partial charge in [-0.2, -0.15) is 10.2 Å². The molecule has 0 bridgehead atoms. The highest BCUT2D eigenvalue weighted by molar-refractivity contribution is 6.64. The minimum absolute atomic E-state index is 0.101. The number of hydrazone groups is 2. The second-order valence-corrected chi connectivity index (χ2v) is 4.53. The van der Waals surface area contributed by atoms with Crippen molar-refractivity contribution < 1.29 is 4.79 Å². The Bertz CT molecular complexity index is 666. The summed E-state index contributed by atoms with van der Waals surface area (Å²) in [6.45, 7) is 0. The van der Waals surface area contributed by atoms with E-state index in [-0.39, 0.29) is 11.5 Å². The molecule has 5 nitrogen and oxygen atoms in total. The summed E-state index contributed by atoms with van der Waals surface area (Å²) in [6, 6.07) is 15.8. The second kappa shape index (κ2) is 7.21. The molecule has 0 atom stereocenters. The summed E-state index contributed by atoms with van der Waals surface area (Å²) in [7, 11) is 0. The normalized spacial score (nSPS) is 11.6. The Labute approximate surface area is 127 Å². The van der Waals surface area contributed by atoms with E-state index in [0.717, 1.165) is 5.69 Å². The summed E-state index contributed by atoms with van der Waals surface area (Å²) < 4.78 is 0. The van der Waals surface area contributed by atoms with Gasteiger partial charge in [0.25, 0.3) is 0 Å². The summed E-state index contributed by atoms with van der Waals surface area (Å²) in [5.41, 5.74) is 4.09. The van der Waals surface area contributed by atoms with Crippen molar-refractivity contribution in [2.24, 2.45) is 16.0 Å². The molecule has 0 radical (unpaired) electrons. The molecule has 0 aliphatic heterocycles. The quantitative estimate of drug-likeness (QED) is 0.385. The van der Waals surface area contributed by atoms with Crippen molar-refractivity contribution in [3.05, 3.63) is 65.2 Å². The molecule has 0 heterocycles. The zero-order valence-corrected chi connectivity index (χ0v) is 11.8. The van der Waals surface area contributed by atoms with Crippen LogP contribution in [0.3, 0.4) is 0 Å². The van der Waals surface area contributed by atoms with Crippen LogP contribution < -0.4 is 11.3 Å². The van der Waals surface area contributed by atoms with Crippen LogP contribution in [0, 0.1) is 0 Å². The smallest absolute Gasteiger partial charge is 0.214 e. The number of nitrogens with two attached hydrogens (primary N) is 1. The molecule has 0 aliphatic rings. The fourth-order valence-corrected chi connectivity index (χ4v) is 1.72. The van der Waals surface area contributed by atoms with Crippen LogP contribution >= 0.6 is 11.6 Å². The first-order chi connectivity index (χ1) is 10.2. The molecule has 2 rings (SSSR count). The van der Waals surface area contributed by atoms with Gasteiger partial charge in [0, 0.05) is 10.6 Å². The number of Topliss-reactive ketones (excluding diaryl/α,β-unsaturated/α-hetero) is 1. The van der Waals surface area contributed by atoms with Gasteiger partial charge in [-0.15, -0.1) is 0 Å². The molecule has 0 spiro atoms. The van der Waals surface area contributed by atoms with Crippen LogP contribution in [-0.2, 0) is 0 Å². The van der Waals surface area contributed by atoms with E-state index >= 15 is 0 Å². The Balaban J connectivity index is 2.22. The number of nitrogens with one attached hydrogen (secondary N) is 1. The predicted octanol–water partition coefficient (Wildman–Crippen LogP) is 2.94. The number of carbonyl (C=O) groups is 1. The van der Waals surface area contributed by atoms with Gasteiger partial charge in [-0.25, -0.2) is 0 Å². The highest BCUT2D eigenvalue weighted by Gasteiger charge is 2.12. The second-order valence-electron chi connectivity index (χ2n) is 4.09. The van der Waals surface area contributed by atoms with Crippen LogP contribution in [0.15, 0.2) is 64.8 Å². The number of carbonyl (C=O) groups excluding carboxylic acids is 1. The molecule has 3 N–H and O–H groups in total. The largest absolute Gasteiger partial charge is 0.323 e. The minimum atomic E-state index is -0.302. The average Bonchev–Trinajstić information content (AvgIpc) is 2.52. The summed E-state index contributed by atoms with van der Waals surface area (Å²) in [6.07, 6.45) is 1.20. The van der Waals surface area contributed by atoms with E-state index in [2.05, 4.69) is 15.6 Å². The van der Waals surface area contributed by atoms with E-state index < -0.39 is 0 Å². The zero-order valence-electron chi connectivity index (χ0n) is 11.0. The van der Waals surface area contributed by atoms with Gasteiger partial charge in [0.1, 0.15) is 0 Å². The van der Waals surface area contributed by atoms with Gasteiger partial charge in [-0.3, -0.25) is 10.2 Å². The molecule has 0 amide bonds. The number of nitrogens with zero attached hydrogens (tertiary/aromatic N) is 2. The van der Waals surface area contributed by atoms with Gasteiger partial charge >= 0.3 is 0 Å². The maximum atomic E-state index is 12.3. The average molecular weight is 301 g/mol. The Morgan fingerprint density at radius 1 is 1.10 bits per heavy atom. The fraction of sp³-hybridized carbons (Fsp3) is 0. The highest BCUT2D eigenvalue weighted by atomic mass is 35.5. The standard InChI is InChI=1S/C15H13ClN4O/c16-12-8-6-11(7-9-12)15(21)14(10-18-17)20-19-13-4-2-1-3-5-13/h1-10,19H,17H2/b18-10-,20-14+. The van der Waals surface area contributed by atoms with Crippen LogP contribution in [0.5, 0.6) is 0 Å². The van der Waals surface area contributed by atoms with Crippen molar-refractivity contribution in [2.75, 3.05) is 5.43 Å². The summed E-state index contributed by atoms with van der Waals surface area (Å²) in [4.78, 5) is 12.3. The number of rotatable bonds is 5. The van der Waals surface area contributed by atoms with Gasteiger partial charge in [0.05, 0.1) is 11.9 Å². The van der Waals surface area contributed by atoms with Crippen LogP contribution in [-0.4, -0.2) is 17.7 Å². The lowest BCUT2D eigenvalue weighted by molar-refractivity contribution is 0.106. The molecule has 0 saturated heterocycles. The molecule has 0 saturated carbocycles. The molecule has 0 aliphatic carbocycles. The van der Waals surface area contributed by atoms with Crippen LogP contribution in [0.1, 0.15) is 10.4 Å². The van der Waals surface area contributed by atoms with Gasteiger partial charge in [-0.05, 0) is 36.4 Å². The Morgan fingerprint density at radius 3 is 2.38 bits per heavy atom. The van der Waals surface area contributed by atoms with Crippen molar-refractivity contribution in [3.8, 4) is 0 Å². The first-order valence-corrected chi connectivity index (χ1v) is 6.51. The number of hydrogen-bond donors (Lipinski definition) is 2. The maximum absolute atomic E-state index is 12.3. The maximum Gasteiger partial charge on any atom is 0.214 e. The Hall–Kier alpha value is -2.66. The van der Waals surface area contributed by atoms with E-state index in [1.54, 1.807) is 24.3 Å². The molecule has 0 fully saturated rings. The lowest BCUT2D eigenvalue weighted by atomic mass is 10.1. The van der Waals surface area contributed by atoms with Gasteiger partial charge in [-0.1, -0.05) is 29.8 Å². The number of anilines is 1. The Morgan fingerprint density at radius 2 is 1.76 bits per heavy atom. The predicted molar refractivity (Wildman–Crippen MR) is 86.0 cm³/mol. The minimum Gasteiger partial charge on any atom is -0.323 e. The number of ketones is 1. The van der Waals surface area contributed by atoms with Crippen molar-refractivity contribution >= 4 is 35.0 Å². The van der Waals surface area contributed by atoms with Crippen LogP contribution in [0.2, 0.25) is 5.02 Å². The van der Waals surface area contributed by atoms with E-state index in [0.29, 0.717) is 10.6 Å². The molecule has 6 heteroatoms. The van der Waals surface area contributed by atoms with Crippen LogP contribution in [0.4, 0.5) is 5.69 Å². The van der Waals surface area contributed by atoms with Crippen LogP contribution in [0.25, 0.3) is 0 Å². The molecular formula is C15H13ClN4O. The molecular weight excluding hydrogens is 288 g/mol. The third kappa shape index (κ3) is 4.15. The number of hydrogen-bond acceptors (Lipinski definition) is 5. The molecule has 106 valence electrons. The number of halogens is 1. The Kier molecular flexibility index (Phi) is 5.06. The first-order valence-electron chi connectivity index (χ1n) is 6.13. The molecule has 0 aromatic heterocycles. The van der Waals surface area contributed by atoms with Gasteiger partial charge in [0.15, 0.2) is 5.71 Å². The van der Waals surface area contributed by atoms with E-state index in [4.69, 9.17) is 17.4 Å². The molecule has 0 unspecified atom stereocenters. The monoisotopic (exact) mass is 300 g/mol. The van der Waals surface area contributed by atoms with E-state index in [9.17, 15) is 4.79 Å². The topological polar surface area (TPSA) is 79.8 Å². The molecule has 2 aromatic carbocycles. The van der Waals surface area contributed by atoms with Crippen molar-refractivity contribution in [3.63, 3.8) is 0 Å². The SMILES string of the molecule is N/N=C\C(=N/Nc1ccccc1)C(=O)c1ccc(Cl)cc1. The van der Waals surface area contributed by atoms with Gasteiger partial charge in [0.2, 0.25) is 5.78 Å². The van der Waals surface area contributed by atoms with E-state index in [1.807, 2.05) is 30.3 Å². The molecule has 2 aromatic rings. The first kappa shape index (κ1) is 14.7. The van der Waals surface area contributed by atoms with Crippen molar-refractivity contribution in [1.82, 2.24) is 0 Å². The zero-order chi connectivity index (χ0) is 15.1. The summed E-state index contributed by atoms with van der Waals surface area (Å²) in [5.74, 6) is 4.82. The van der Waals surface area contributed by atoms with Gasteiger partial charge < -0.3 is 5.84 Å². The summed E-state index contributed by atoms with van der Waals surface area (Å²) in [5, 5.41) is 7.96. The van der Waals surface area contributed by atoms with Crippen molar-refractivity contribution in [1.29, 1.82) is 0 Å². The third-order valence-electron chi connectivity index (χ3n) is 2.62. The summed E-state index contributed by atoms with van der Waals surface area (Å²) >= 11 is 5.80. The highest BCUT2D eigenvalue weighted by Crippen LogP contribution is 2.11. The lowest BCUT2D eigenvalue weighted by Crippen LogP contribution is -2.18.